The van der Waals surface area contributed by atoms with Crippen molar-refractivity contribution in [1.29, 1.82) is 0 Å². The summed E-state index contributed by atoms with van der Waals surface area (Å²) < 4.78 is 0. The fraction of sp³-hybridized carbons (Fsp3) is 0. The molecule has 0 amide bonds. The third-order valence-electron chi connectivity index (χ3n) is 0.478. The summed E-state index contributed by atoms with van der Waals surface area (Å²) in [6.45, 7) is 0. The molecule has 8 heavy (non-hydrogen) atoms. The van der Waals surface area contributed by atoms with E-state index in [1.807, 2.05) is 0 Å². The van der Waals surface area contributed by atoms with E-state index in [2.05, 4.69) is 9.97 Å². The van der Waals surface area contributed by atoms with E-state index < -0.39 is 0 Å². The van der Waals surface area contributed by atoms with Gasteiger partial charge in [0.05, 0.1) is 0 Å². The van der Waals surface area contributed by atoms with Gasteiger partial charge in [-0.2, -0.15) is 9.90 Å². The average molecular weight is 132 g/mol. The van der Waals surface area contributed by atoms with Crippen molar-refractivity contribution in [2.75, 3.05) is 0 Å². The number of aromatic nitrogens is 2. The Kier molecular flexibility index (Phi) is 8.45. The Balaban J connectivity index is 0. The maximum atomic E-state index is 3.67. The Labute approximate surface area is 51.1 Å². The highest BCUT2D eigenvalue weighted by molar-refractivity contribution is 6.92. The summed E-state index contributed by atoms with van der Waals surface area (Å²) in [5, 5.41) is 0. The fourth-order valence-corrected chi connectivity index (χ4v) is 0.253. The van der Waals surface area contributed by atoms with Gasteiger partial charge in [0.15, 0.2) is 0 Å². The molecule has 1 aromatic rings. The molecule has 2 N–H and O–H groups in total. The third kappa shape index (κ3) is 3.65. The Morgan fingerprint density at radius 3 is 1.62 bits per heavy atom. The first-order valence-electron chi connectivity index (χ1n) is 1.70. The van der Waals surface area contributed by atoms with Crippen molar-refractivity contribution in [3.05, 3.63) is 24.8 Å². The minimum Gasteiger partial charge on any atom is -0.412 e. The highest BCUT2D eigenvalue weighted by Crippen LogP contribution is 1.66. The maximum absolute atomic E-state index is 3.67. The van der Waals surface area contributed by atoms with Gasteiger partial charge in [-0.1, -0.05) is 0 Å². The molecule has 0 saturated heterocycles. The number of hydrogen-bond acceptors (Lipinski definition) is 2. The zero-order valence-corrected chi connectivity index (χ0v) is 5.83. The van der Waals surface area contributed by atoms with Crippen LogP contribution >= 0.6 is 9.90 Å². The first-order chi connectivity index (χ1) is 3.00. The van der Waals surface area contributed by atoms with Gasteiger partial charge in [0.2, 0.25) is 0 Å². The lowest BCUT2D eigenvalue weighted by molar-refractivity contribution is 0.824. The maximum Gasteiger partial charge on any atom is 0.115 e. The number of hydrogen-bond donors (Lipinski definition) is 0. The largest absolute Gasteiger partial charge is 0.412 e. The van der Waals surface area contributed by atoms with Crippen LogP contribution in [-0.4, -0.2) is 15.4 Å². The van der Waals surface area contributed by atoms with Gasteiger partial charge in [0, 0.05) is 12.4 Å². The lowest BCUT2D eigenvalue weighted by Gasteiger charge is -1.70. The van der Waals surface area contributed by atoms with Crippen LogP contribution in [-0.2, 0) is 0 Å². The van der Waals surface area contributed by atoms with Gasteiger partial charge in [0.1, 0.15) is 6.33 Å². The topological polar surface area (TPSA) is 57.3 Å². The molecule has 0 aromatic carbocycles. The van der Waals surface area contributed by atoms with Crippen molar-refractivity contribution in [3.8, 4) is 0 Å². The van der Waals surface area contributed by atoms with Crippen molar-refractivity contribution in [2.45, 2.75) is 0 Å². The Morgan fingerprint density at radius 1 is 1.00 bits per heavy atom. The van der Waals surface area contributed by atoms with E-state index in [4.69, 9.17) is 0 Å². The molecule has 1 unspecified atom stereocenters. The van der Waals surface area contributed by atoms with Crippen LogP contribution in [0.1, 0.15) is 0 Å². The van der Waals surface area contributed by atoms with Crippen LogP contribution in [0.3, 0.4) is 0 Å². The molecule has 4 heteroatoms. The SMILES string of the molecule is O.P.c1cncnc1. The minimum absolute atomic E-state index is 0. The predicted octanol–water partition coefficient (Wildman–Crippen LogP) is -0.290. The molecule has 0 fully saturated rings. The van der Waals surface area contributed by atoms with Gasteiger partial charge in [-0.15, -0.1) is 0 Å². The average Bonchev–Trinajstić information content (AvgIpc) is 1.72. The summed E-state index contributed by atoms with van der Waals surface area (Å²) in [6.07, 6.45) is 4.88. The van der Waals surface area contributed by atoms with Crippen LogP contribution in [0.2, 0.25) is 0 Å². The summed E-state index contributed by atoms with van der Waals surface area (Å²) >= 11 is 0. The van der Waals surface area contributed by atoms with E-state index in [-0.39, 0.29) is 15.4 Å². The van der Waals surface area contributed by atoms with Crippen molar-refractivity contribution in [2.24, 2.45) is 0 Å². The highest BCUT2D eigenvalue weighted by atomic mass is 31.0. The first-order valence-corrected chi connectivity index (χ1v) is 1.70. The molecule has 0 aliphatic carbocycles. The van der Waals surface area contributed by atoms with Crippen molar-refractivity contribution in [1.82, 2.24) is 9.97 Å². The normalized spacial score (nSPS) is 6.00. The van der Waals surface area contributed by atoms with Gasteiger partial charge >= 0.3 is 0 Å². The van der Waals surface area contributed by atoms with Gasteiger partial charge in [-0.05, 0) is 6.07 Å². The van der Waals surface area contributed by atoms with Gasteiger partial charge in [-0.25, -0.2) is 9.97 Å². The van der Waals surface area contributed by atoms with Crippen molar-refractivity contribution in [3.63, 3.8) is 0 Å². The van der Waals surface area contributed by atoms with E-state index in [9.17, 15) is 0 Å². The molecule has 0 spiro atoms. The van der Waals surface area contributed by atoms with E-state index in [1.54, 1.807) is 18.5 Å². The zero-order chi connectivity index (χ0) is 4.24. The predicted molar refractivity (Wildman–Crippen MR) is 36.8 cm³/mol. The smallest absolute Gasteiger partial charge is 0.115 e. The van der Waals surface area contributed by atoms with Crippen molar-refractivity contribution < 1.29 is 5.48 Å². The monoisotopic (exact) mass is 132 g/mol. The Bertz CT molecular complexity index is 86.0. The highest BCUT2D eigenvalue weighted by Gasteiger charge is 1.59. The summed E-state index contributed by atoms with van der Waals surface area (Å²) in [5.74, 6) is 0. The summed E-state index contributed by atoms with van der Waals surface area (Å²) in [7, 11) is 0. The molecule has 1 heterocycles. The van der Waals surface area contributed by atoms with Crippen LogP contribution in [0, 0.1) is 0 Å². The molecule has 0 bridgehead atoms. The molecule has 1 aromatic heterocycles. The molecule has 0 radical (unpaired) electrons. The lowest BCUT2D eigenvalue weighted by atomic mass is 10.7. The lowest BCUT2D eigenvalue weighted by Crippen LogP contribution is -1.66. The quantitative estimate of drug-likeness (QED) is 0.455. The molecule has 0 aliphatic rings. The molecule has 3 nitrogen and oxygen atoms in total. The second kappa shape index (κ2) is 6.47. The molecular formula is C4H9N2OP. The Morgan fingerprint density at radius 2 is 1.50 bits per heavy atom. The fourth-order valence-electron chi connectivity index (χ4n) is 0.253. The second-order valence-electron chi connectivity index (χ2n) is 0.904. The van der Waals surface area contributed by atoms with E-state index >= 15 is 0 Å². The van der Waals surface area contributed by atoms with Crippen molar-refractivity contribution >= 4 is 9.90 Å². The van der Waals surface area contributed by atoms with Crippen LogP contribution in [0.25, 0.3) is 0 Å². The Hall–Kier alpha value is -0.530. The molecule has 46 valence electrons. The molecule has 0 aliphatic heterocycles. The molecular weight excluding hydrogens is 123 g/mol. The summed E-state index contributed by atoms with van der Waals surface area (Å²) in [5.41, 5.74) is 0. The van der Waals surface area contributed by atoms with Crippen LogP contribution < -0.4 is 0 Å². The second-order valence-corrected chi connectivity index (χ2v) is 0.904. The molecule has 1 rings (SSSR count). The summed E-state index contributed by atoms with van der Waals surface area (Å²) in [4.78, 5) is 7.35. The van der Waals surface area contributed by atoms with E-state index in [0.717, 1.165) is 0 Å². The number of rotatable bonds is 0. The van der Waals surface area contributed by atoms with Crippen LogP contribution in [0.5, 0.6) is 0 Å². The minimum atomic E-state index is 0. The summed E-state index contributed by atoms with van der Waals surface area (Å²) in [6, 6.07) is 1.78. The number of nitrogens with zero attached hydrogens (tertiary/aromatic N) is 2. The molecule has 0 saturated carbocycles. The zero-order valence-electron chi connectivity index (χ0n) is 4.41. The van der Waals surface area contributed by atoms with E-state index in [0.29, 0.717) is 0 Å². The van der Waals surface area contributed by atoms with Gasteiger partial charge in [-0.3, -0.25) is 0 Å². The van der Waals surface area contributed by atoms with Gasteiger partial charge < -0.3 is 5.48 Å². The third-order valence-corrected chi connectivity index (χ3v) is 0.478. The first kappa shape index (κ1) is 10.5. The van der Waals surface area contributed by atoms with E-state index in [1.165, 1.54) is 6.33 Å². The standard InChI is InChI=1S/C4H4N2.H2O.H3P/c1-2-5-4-6-3-1;;/h1-4H;1H2;1H3. The van der Waals surface area contributed by atoms with Crippen LogP contribution in [0.4, 0.5) is 0 Å². The van der Waals surface area contributed by atoms with Gasteiger partial charge in [0.25, 0.3) is 0 Å². The van der Waals surface area contributed by atoms with Crippen LogP contribution in [0.15, 0.2) is 24.8 Å². The molecule has 1 atom stereocenters.